The number of nitrogens with zero attached hydrogens (tertiary/aromatic N) is 6. The van der Waals surface area contributed by atoms with Crippen LogP contribution in [-0.2, 0) is 7.05 Å². The minimum Gasteiger partial charge on any atom is -0.508 e. The van der Waals surface area contributed by atoms with Crippen LogP contribution in [0.4, 0.5) is 10.2 Å². The van der Waals surface area contributed by atoms with Crippen molar-refractivity contribution in [2.45, 2.75) is 114 Å². The predicted octanol–water partition coefficient (Wildman–Crippen LogP) is 7.67. The van der Waals surface area contributed by atoms with E-state index in [1.807, 2.05) is 11.6 Å². The Morgan fingerprint density at radius 1 is 0.981 bits per heavy atom. The first-order valence-corrected chi connectivity index (χ1v) is 21.9. The molecule has 12 heteroatoms. The Hall–Kier alpha value is -3.92. The summed E-state index contributed by atoms with van der Waals surface area (Å²) in [5.41, 5.74) is 6.39. The van der Waals surface area contributed by atoms with Crippen molar-refractivity contribution in [1.82, 2.24) is 29.7 Å². The van der Waals surface area contributed by atoms with E-state index in [0.717, 1.165) is 63.2 Å². The van der Waals surface area contributed by atoms with Gasteiger partial charge < -0.3 is 24.8 Å². The topological polar surface area (TPSA) is 101 Å². The largest absolute Gasteiger partial charge is 0.508 e. The van der Waals surface area contributed by atoms with E-state index < -0.39 is 13.9 Å². The van der Waals surface area contributed by atoms with Crippen LogP contribution >= 0.6 is 0 Å². The van der Waals surface area contributed by atoms with Crippen molar-refractivity contribution in [1.29, 1.82) is 0 Å². The summed E-state index contributed by atoms with van der Waals surface area (Å²) >= 11 is 0. The summed E-state index contributed by atoms with van der Waals surface area (Å²) in [6.07, 6.45) is 6.92. The highest BCUT2D eigenvalue weighted by molar-refractivity contribution is 6.90. The Kier molecular flexibility index (Phi) is 9.35. The van der Waals surface area contributed by atoms with Gasteiger partial charge in [-0.15, -0.1) is 5.54 Å². The number of phenols is 1. The van der Waals surface area contributed by atoms with Crippen LogP contribution in [0.25, 0.3) is 21.9 Å². The first-order valence-electron chi connectivity index (χ1n) is 19.7. The molecule has 4 fully saturated rings. The van der Waals surface area contributed by atoms with Gasteiger partial charge in [-0.25, -0.2) is 4.39 Å². The molecule has 4 saturated heterocycles. The van der Waals surface area contributed by atoms with Crippen molar-refractivity contribution < 1.29 is 19.0 Å². The van der Waals surface area contributed by atoms with E-state index in [1.54, 1.807) is 12.1 Å². The Morgan fingerprint density at radius 2 is 1.66 bits per heavy atom. The summed E-state index contributed by atoms with van der Waals surface area (Å²) in [7, 11) is -0.293. The standard InChI is InChI=1S/C41H54FN7O3Si/c1-25(2)53(26(3)4,27(5)6)19-14-32-33(42)13-10-28-20-31(50)21-34(35(28)32)52-40-45-37-36(47(40)7)38(48-22-29-11-12-30(23-48)43-29)46-39(44-37)51-24-41-15-8-17-49(41)18-9-16-41/h10,13,20-21,25-27,29-30,43,50H,8-9,11-12,15-18,22-24H2,1-7H3. The van der Waals surface area contributed by atoms with Gasteiger partial charge in [-0.2, -0.15) is 15.0 Å². The molecule has 4 aromatic rings. The monoisotopic (exact) mass is 739 g/mol. The highest BCUT2D eigenvalue weighted by atomic mass is 28.3. The fourth-order valence-corrected chi connectivity index (χ4v) is 15.6. The van der Waals surface area contributed by atoms with Gasteiger partial charge in [0.1, 0.15) is 37.5 Å². The molecule has 0 aliphatic carbocycles. The van der Waals surface area contributed by atoms with Gasteiger partial charge in [0, 0.05) is 43.7 Å². The van der Waals surface area contributed by atoms with E-state index in [0.29, 0.717) is 57.7 Å². The molecular weight excluding hydrogens is 686 g/mol. The third-order valence-electron chi connectivity index (χ3n) is 12.9. The number of aromatic hydroxyl groups is 1. The molecule has 2 atom stereocenters. The number of hydrogen-bond acceptors (Lipinski definition) is 9. The van der Waals surface area contributed by atoms with Gasteiger partial charge in [-0.05, 0) is 85.8 Å². The minimum absolute atomic E-state index is 0.00625. The van der Waals surface area contributed by atoms with Crippen molar-refractivity contribution in [2.24, 2.45) is 7.05 Å². The van der Waals surface area contributed by atoms with E-state index in [9.17, 15) is 5.11 Å². The molecule has 0 radical (unpaired) electrons. The molecular formula is C41H54FN7O3Si. The lowest BCUT2D eigenvalue weighted by Crippen LogP contribution is -2.51. The average Bonchev–Trinajstić information content (AvgIpc) is 3.86. The summed E-state index contributed by atoms with van der Waals surface area (Å²) in [4.78, 5) is 19.8. The zero-order chi connectivity index (χ0) is 37.2. The van der Waals surface area contributed by atoms with Crippen LogP contribution < -0.4 is 19.7 Å². The molecule has 2 aromatic carbocycles. The maximum absolute atomic E-state index is 15.9. The molecule has 10 nitrogen and oxygen atoms in total. The first-order chi connectivity index (χ1) is 25.4. The Morgan fingerprint density at radius 3 is 2.32 bits per heavy atom. The number of nitrogens with one attached hydrogen (secondary N) is 1. The number of hydrogen-bond donors (Lipinski definition) is 2. The highest BCUT2D eigenvalue weighted by Crippen LogP contribution is 2.43. The number of phenolic OH excluding ortho intramolecular Hbond substituents is 1. The molecule has 53 heavy (non-hydrogen) atoms. The minimum atomic E-state index is -2.18. The van der Waals surface area contributed by atoms with Crippen LogP contribution in [-0.4, -0.2) is 88.0 Å². The van der Waals surface area contributed by atoms with Gasteiger partial charge in [0.25, 0.3) is 0 Å². The molecule has 2 bridgehead atoms. The molecule has 0 spiro atoms. The zero-order valence-electron chi connectivity index (χ0n) is 32.3. The number of aromatic nitrogens is 4. The lowest BCUT2D eigenvalue weighted by molar-refractivity contribution is 0.108. The van der Waals surface area contributed by atoms with Crippen molar-refractivity contribution >= 4 is 35.8 Å². The van der Waals surface area contributed by atoms with Gasteiger partial charge in [-0.3, -0.25) is 9.47 Å². The number of ether oxygens (including phenoxy) is 2. The molecule has 6 heterocycles. The summed E-state index contributed by atoms with van der Waals surface area (Å²) in [5, 5.41) is 15.7. The van der Waals surface area contributed by atoms with E-state index >= 15 is 4.39 Å². The number of halogens is 1. The normalized spacial score (nSPS) is 21.3. The number of imidazole rings is 1. The van der Waals surface area contributed by atoms with Gasteiger partial charge in [-0.1, -0.05) is 53.5 Å². The SMILES string of the molecule is CC(C)[Si](C#Cc1c(F)ccc2cc(O)cc(Oc3nc4nc(OCC56CCCN5CCC6)nc(N5CC6CCC(C5)N6)c4n3C)c12)(C(C)C)C(C)C. The van der Waals surface area contributed by atoms with Crippen molar-refractivity contribution in [3.8, 4) is 35.0 Å². The second kappa shape index (κ2) is 13.7. The highest BCUT2D eigenvalue weighted by Gasteiger charge is 2.45. The number of piperazine rings is 1. The predicted molar refractivity (Wildman–Crippen MR) is 210 cm³/mol. The molecule has 2 aromatic heterocycles. The smallest absolute Gasteiger partial charge is 0.320 e. The Labute approximate surface area is 313 Å². The number of rotatable bonds is 9. The maximum Gasteiger partial charge on any atom is 0.320 e. The molecule has 8 rings (SSSR count). The van der Waals surface area contributed by atoms with Crippen LogP contribution in [0, 0.1) is 17.3 Å². The van der Waals surface area contributed by atoms with Gasteiger partial charge in [0.15, 0.2) is 11.5 Å². The van der Waals surface area contributed by atoms with Crippen LogP contribution in [0.1, 0.15) is 85.6 Å². The van der Waals surface area contributed by atoms with Crippen molar-refractivity contribution in [3.05, 3.63) is 35.6 Å². The average molecular weight is 740 g/mol. The summed E-state index contributed by atoms with van der Waals surface area (Å²) in [6, 6.07) is 7.61. The number of fused-ring (bicyclic) bond motifs is 5. The van der Waals surface area contributed by atoms with E-state index in [-0.39, 0.29) is 28.6 Å². The zero-order valence-corrected chi connectivity index (χ0v) is 33.3. The van der Waals surface area contributed by atoms with Crippen LogP contribution in [0.3, 0.4) is 0 Å². The Bertz CT molecular complexity index is 2060. The van der Waals surface area contributed by atoms with E-state index in [2.05, 4.69) is 68.1 Å². The lowest BCUT2D eigenvalue weighted by atomic mass is 9.95. The van der Waals surface area contributed by atoms with Crippen LogP contribution in [0.5, 0.6) is 23.5 Å². The third kappa shape index (κ3) is 6.22. The molecule has 2 unspecified atom stereocenters. The summed E-state index contributed by atoms with van der Waals surface area (Å²) < 4.78 is 30.9. The second-order valence-electron chi connectivity index (χ2n) is 16.9. The van der Waals surface area contributed by atoms with Crippen molar-refractivity contribution in [2.75, 3.05) is 37.7 Å². The second-order valence-corrected chi connectivity index (χ2v) is 22.5. The number of benzene rings is 2. The van der Waals surface area contributed by atoms with Crippen molar-refractivity contribution in [3.63, 3.8) is 0 Å². The van der Waals surface area contributed by atoms with Gasteiger partial charge >= 0.3 is 12.0 Å². The quantitative estimate of drug-likeness (QED) is 0.132. The lowest BCUT2D eigenvalue weighted by Gasteiger charge is -2.38. The van der Waals surface area contributed by atoms with Gasteiger partial charge in [0.05, 0.1) is 11.1 Å². The first kappa shape index (κ1) is 36.1. The molecule has 4 aliphatic heterocycles. The van der Waals surface area contributed by atoms with Crippen LogP contribution in [0.2, 0.25) is 16.6 Å². The van der Waals surface area contributed by atoms with E-state index in [4.69, 9.17) is 24.4 Å². The molecule has 282 valence electrons. The van der Waals surface area contributed by atoms with Gasteiger partial charge in [0.2, 0.25) is 0 Å². The molecule has 4 aliphatic rings. The Balaban J connectivity index is 1.22. The maximum atomic E-state index is 15.9. The fraction of sp³-hybridized carbons (Fsp3) is 0.585. The summed E-state index contributed by atoms with van der Waals surface area (Å²) in [6.45, 7) is 17.9. The number of anilines is 1. The summed E-state index contributed by atoms with van der Waals surface area (Å²) in [5.74, 6) is 3.99. The van der Waals surface area contributed by atoms with E-state index in [1.165, 1.54) is 25.0 Å². The molecule has 2 N–H and O–H groups in total. The molecule has 0 amide bonds. The third-order valence-corrected chi connectivity index (χ3v) is 19.2. The molecule has 0 saturated carbocycles. The fourth-order valence-electron chi connectivity index (χ4n) is 10.3. The van der Waals surface area contributed by atoms with Crippen LogP contribution in [0.15, 0.2) is 24.3 Å². The number of aryl methyl sites for hydroxylation is 1.